The normalized spacial score (nSPS) is 13.4. The van der Waals surface area contributed by atoms with Crippen molar-refractivity contribution in [3.63, 3.8) is 0 Å². The van der Waals surface area contributed by atoms with E-state index in [1.807, 2.05) is 24.3 Å². The first kappa shape index (κ1) is 21.8. The molecule has 1 aromatic heterocycles. The number of aromatic nitrogens is 3. The van der Waals surface area contributed by atoms with Crippen LogP contribution in [0.4, 0.5) is 5.69 Å². The number of anilines is 1. The molecule has 4 rings (SSSR count). The van der Waals surface area contributed by atoms with E-state index in [1.165, 1.54) is 20.7 Å². The summed E-state index contributed by atoms with van der Waals surface area (Å²) >= 11 is 4.68. The Morgan fingerprint density at radius 2 is 2.00 bits per heavy atom. The molecule has 31 heavy (non-hydrogen) atoms. The molecule has 2 aromatic carbocycles. The first-order valence-corrected chi connectivity index (χ1v) is 13.0. The van der Waals surface area contributed by atoms with E-state index in [9.17, 15) is 13.2 Å². The lowest BCUT2D eigenvalue weighted by atomic mass is 10.1. The summed E-state index contributed by atoms with van der Waals surface area (Å²) in [7, 11) is -3.31. The Hall–Kier alpha value is -2.37. The van der Waals surface area contributed by atoms with Crippen LogP contribution in [0.5, 0.6) is 0 Å². The number of carbonyl (C=O) groups excluding carboxylic acids is 1. The number of Topliss-reactive ketones (excluding diaryl/α,β-unsaturated/α-hetero) is 1. The minimum absolute atomic E-state index is 0.0467. The summed E-state index contributed by atoms with van der Waals surface area (Å²) < 4.78 is 28.1. The lowest BCUT2D eigenvalue weighted by molar-refractivity contribution is 0.102. The highest BCUT2D eigenvalue weighted by molar-refractivity contribution is 9.10. The second-order valence-corrected chi connectivity index (χ2v) is 10.9. The second kappa shape index (κ2) is 8.64. The minimum atomic E-state index is -3.31. The second-order valence-electron chi connectivity index (χ2n) is 6.93. The molecule has 0 amide bonds. The standard InChI is InChI=1S/C20H20BrN5O3S2/c1-2-31(28,29)25-10-9-13-11-14(7-8-17(13)25)18(27)12-30-20-24-23-19(26(20)22)15-5-3-4-6-16(15)21/h3-8,11H,2,9-10,12,22H2,1H3. The van der Waals surface area contributed by atoms with Crippen molar-refractivity contribution >= 4 is 49.2 Å². The van der Waals surface area contributed by atoms with Gasteiger partial charge in [-0.3, -0.25) is 9.10 Å². The van der Waals surface area contributed by atoms with Crippen molar-refractivity contribution in [3.05, 3.63) is 58.1 Å². The van der Waals surface area contributed by atoms with Crippen molar-refractivity contribution < 1.29 is 13.2 Å². The van der Waals surface area contributed by atoms with Crippen LogP contribution >= 0.6 is 27.7 Å². The molecule has 3 aromatic rings. The van der Waals surface area contributed by atoms with Gasteiger partial charge in [-0.25, -0.2) is 13.1 Å². The van der Waals surface area contributed by atoms with Crippen LogP contribution in [0, 0.1) is 0 Å². The highest BCUT2D eigenvalue weighted by Crippen LogP contribution is 2.32. The molecule has 0 saturated carbocycles. The van der Waals surface area contributed by atoms with Crippen LogP contribution in [0.25, 0.3) is 11.4 Å². The number of ketones is 1. The van der Waals surface area contributed by atoms with E-state index in [4.69, 9.17) is 5.84 Å². The van der Waals surface area contributed by atoms with Gasteiger partial charge in [0, 0.05) is 22.1 Å². The van der Waals surface area contributed by atoms with Gasteiger partial charge in [0.05, 0.1) is 17.2 Å². The number of thioether (sulfide) groups is 1. The van der Waals surface area contributed by atoms with Crippen LogP contribution in [-0.4, -0.2) is 47.1 Å². The zero-order valence-corrected chi connectivity index (χ0v) is 19.9. The maximum Gasteiger partial charge on any atom is 0.234 e. The number of rotatable bonds is 7. The third kappa shape index (κ3) is 4.21. The van der Waals surface area contributed by atoms with Gasteiger partial charge in [-0.1, -0.05) is 39.8 Å². The molecule has 0 spiro atoms. The molecule has 2 N–H and O–H groups in total. The van der Waals surface area contributed by atoms with Crippen LogP contribution in [0.15, 0.2) is 52.1 Å². The van der Waals surface area contributed by atoms with E-state index in [0.717, 1.165) is 15.6 Å². The van der Waals surface area contributed by atoms with Crippen molar-refractivity contribution in [2.24, 2.45) is 0 Å². The number of carbonyl (C=O) groups is 1. The van der Waals surface area contributed by atoms with Gasteiger partial charge in [-0.2, -0.15) is 0 Å². The van der Waals surface area contributed by atoms with Crippen molar-refractivity contribution in [3.8, 4) is 11.4 Å². The van der Waals surface area contributed by atoms with Crippen LogP contribution in [0.2, 0.25) is 0 Å². The molecular weight excluding hydrogens is 502 g/mol. The van der Waals surface area contributed by atoms with Crippen molar-refractivity contribution in [2.45, 2.75) is 18.5 Å². The average molecular weight is 522 g/mol. The van der Waals surface area contributed by atoms with Crippen LogP contribution < -0.4 is 10.1 Å². The van der Waals surface area contributed by atoms with E-state index in [2.05, 4.69) is 26.1 Å². The summed E-state index contributed by atoms with van der Waals surface area (Å²) in [5.41, 5.74) is 2.87. The fourth-order valence-corrected chi connectivity index (χ4v) is 5.78. The zero-order chi connectivity index (χ0) is 22.2. The lowest BCUT2D eigenvalue weighted by Crippen LogP contribution is -2.30. The highest BCUT2D eigenvalue weighted by atomic mass is 79.9. The number of hydrogen-bond donors (Lipinski definition) is 1. The molecule has 1 aliphatic rings. The molecule has 8 nitrogen and oxygen atoms in total. The summed E-state index contributed by atoms with van der Waals surface area (Å²) in [4.78, 5) is 12.7. The largest absolute Gasteiger partial charge is 0.335 e. The Labute approximate surface area is 193 Å². The van der Waals surface area contributed by atoms with Crippen molar-refractivity contribution in [1.82, 2.24) is 14.9 Å². The topological polar surface area (TPSA) is 111 Å². The van der Waals surface area contributed by atoms with E-state index in [-0.39, 0.29) is 17.3 Å². The average Bonchev–Trinajstić information content (AvgIpc) is 3.36. The fraction of sp³-hybridized carbons (Fsp3) is 0.250. The zero-order valence-electron chi connectivity index (χ0n) is 16.7. The first-order chi connectivity index (χ1) is 14.8. The quantitative estimate of drug-likeness (QED) is 0.288. The summed E-state index contributed by atoms with van der Waals surface area (Å²) in [5, 5.41) is 8.69. The molecule has 0 aliphatic carbocycles. The van der Waals surface area contributed by atoms with Crippen molar-refractivity contribution in [1.29, 1.82) is 0 Å². The Kier molecular flexibility index (Phi) is 6.09. The summed E-state index contributed by atoms with van der Waals surface area (Å²) in [6.45, 7) is 2.03. The molecule has 0 bridgehead atoms. The van der Waals surface area contributed by atoms with Gasteiger partial charge in [0.15, 0.2) is 11.6 Å². The van der Waals surface area contributed by atoms with Crippen LogP contribution in [0.3, 0.4) is 0 Å². The van der Waals surface area contributed by atoms with Gasteiger partial charge in [-0.05, 0) is 49.2 Å². The minimum Gasteiger partial charge on any atom is -0.335 e. The van der Waals surface area contributed by atoms with Gasteiger partial charge in [0.25, 0.3) is 0 Å². The molecule has 0 fully saturated rings. The van der Waals surface area contributed by atoms with Crippen LogP contribution in [0.1, 0.15) is 22.8 Å². The van der Waals surface area contributed by atoms with Crippen molar-refractivity contribution in [2.75, 3.05) is 28.2 Å². The van der Waals surface area contributed by atoms with Gasteiger partial charge in [0.2, 0.25) is 15.2 Å². The molecule has 11 heteroatoms. The number of fused-ring (bicyclic) bond motifs is 1. The summed E-state index contributed by atoms with van der Waals surface area (Å²) in [6, 6.07) is 12.7. The Bertz CT molecular complexity index is 1260. The molecule has 0 atom stereocenters. The molecule has 0 saturated heterocycles. The molecule has 162 valence electrons. The maximum absolute atomic E-state index is 12.7. The number of sulfonamides is 1. The fourth-order valence-electron chi connectivity index (χ4n) is 3.40. The third-order valence-electron chi connectivity index (χ3n) is 5.07. The predicted octanol–water partition coefficient (Wildman–Crippen LogP) is 3.11. The van der Waals surface area contributed by atoms with E-state index >= 15 is 0 Å². The third-order valence-corrected chi connectivity index (χ3v) is 8.48. The number of nitrogens with zero attached hydrogens (tertiary/aromatic N) is 4. The number of hydrogen-bond acceptors (Lipinski definition) is 7. The molecule has 0 radical (unpaired) electrons. The lowest BCUT2D eigenvalue weighted by Gasteiger charge is -2.18. The number of nitrogens with two attached hydrogens (primary N) is 1. The van der Waals surface area contributed by atoms with Crippen LogP contribution in [-0.2, 0) is 16.4 Å². The van der Waals surface area contributed by atoms with Gasteiger partial charge < -0.3 is 5.84 Å². The van der Waals surface area contributed by atoms with E-state index in [1.54, 1.807) is 25.1 Å². The molecule has 2 heterocycles. The Balaban J connectivity index is 1.48. The smallest absolute Gasteiger partial charge is 0.234 e. The monoisotopic (exact) mass is 521 g/mol. The Morgan fingerprint density at radius 3 is 2.74 bits per heavy atom. The number of benzene rings is 2. The molecule has 0 unspecified atom stereocenters. The maximum atomic E-state index is 12.7. The number of halogens is 1. The summed E-state index contributed by atoms with van der Waals surface area (Å²) in [6.07, 6.45) is 0.593. The number of nitrogen functional groups attached to an aromatic ring is 1. The predicted molar refractivity (Wildman–Crippen MR) is 125 cm³/mol. The Morgan fingerprint density at radius 1 is 1.23 bits per heavy atom. The van der Waals surface area contributed by atoms with E-state index in [0.29, 0.717) is 35.2 Å². The highest BCUT2D eigenvalue weighted by Gasteiger charge is 2.28. The SMILES string of the molecule is CCS(=O)(=O)N1CCc2cc(C(=O)CSc3nnc(-c4ccccc4Br)n3N)ccc21. The van der Waals surface area contributed by atoms with Gasteiger partial charge in [-0.15, -0.1) is 10.2 Å². The van der Waals surface area contributed by atoms with Gasteiger partial charge in [0.1, 0.15) is 0 Å². The van der Waals surface area contributed by atoms with E-state index < -0.39 is 10.0 Å². The summed E-state index contributed by atoms with van der Waals surface area (Å²) in [5.74, 6) is 6.74. The first-order valence-electron chi connectivity index (χ1n) is 9.56. The molecular formula is C20H20BrN5O3S2. The van der Waals surface area contributed by atoms with Gasteiger partial charge >= 0.3 is 0 Å². The molecule has 1 aliphatic heterocycles.